The van der Waals surface area contributed by atoms with Gasteiger partial charge in [0.15, 0.2) is 0 Å². The van der Waals surface area contributed by atoms with Crippen molar-refractivity contribution in [2.75, 3.05) is 19.6 Å². The molecule has 0 aromatic carbocycles. The summed E-state index contributed by atoms with van der Waals surface area (Å²) in [6, 6.07) is 3.19. The molecular formula is C16H31N3. The van der Waals surface area contributed by atoms with Crippen molar-refractivity contribution in [3.8, 4) is 6.07 Å². The molecule has 1 atom stereocenters. The minimum Gasteiger partial charge on any atom is -0.302 e. The van der Waals surface area contributed by atoms with E-state index in [0.717, 1.165) is 32.0 Å². The zero-order valence-corrected chi connectivity index (χ0v) is 13.0. The highest BCUT2D eigenvalue weighted by atomic mass is 15.2. The van der Waals surface area contributed by atoms with E-state index in [9.17, 15) is 5.26 Å². The molecule has 1 aliphatic carbocycles. The number of nitrogens with one attached hydrogen (secondary N) is 1. The second-order valence-corrected chi connectivity index (χ2v) is 6.25. The number of nitriles is 1. The van der Waals surface area contributed by atoms with E-state index in [0.29, 0.717) is 5.92 Å². The monoisotopic (exact) mass is 265 g/mol. The molecule has 0 saturated heterocycles. The molecule has 0 aromatic heterocycles. The summed E-state index contributed by atoms with van der Waals surface area (Å²) in [5, 5.41) is 12.5. The third kappa shape index (κ3) is 6.40. The summed E-state index contributed by atoms with van der Waals surface area (Å²) in [7, 11) is 0. The molecular weight excluding hydrogens is 234 g/mol. The van der Waals surface area contributed by atoms with Gasteiger partial charge in [0.05, 0.1) is 12.1 Å². The van der Waals surface area contributed by atoms with Gasteiger partial charge < -0.3 is 10.2 Å². The largest absolute Gasteiger partial charge is 0.302 e. The summed E-state index contributed by atoms with van der Waals surface area (Å²) in [6.45, 7) is 9.92. The van der Waals surface area contributed by atoms with Crippen LogP contribution in [0.3, 0.4) is 0 Å². The first-order chi connectivity index (χ1) is 9.17. The zero-order valence-electron chi connectivity index (χ0n) is 13.0. The predicted octanol–water partition coefficient (Wildman–Crippen LogP) is 3.17. The van der Waals surface area contributed by atoms with Gasteiger partial charge in [-0.3, -0.25) is 0 Å². The van der Waals surface area contributed by atoms with Gasteiger partial charge in [0, 0.05) is 19.1 Å². The van der Waals surface area contributed by atoms with Gasteiger partial charge in [-0.1, -0.05) is 33.6 Å². The lowest BCUT2D eigenvalue weighted by Gasteiger charge is -2.31. The van der Waals surface area contributed by atoms with E-state index >= 15 is 0 Å². The molecule has 1 saturated carbocycles. The Hall–Kier alpha value is -0.590. The van der Waals surface area contributed by atoms with Crippen molar-refractivity contribution in [2.24, 2.45) is 5.92 Å². The van der Waals surface area contributed by atoms with E-state index < -0.39 is 0 Å². The zero-order chi connectivity index (χ0) is 14.1. The van der Waals surface area contributed by atoms with Gasteiger partial charge >= 0.3 is 0 Å². The SMILES string of the molecule is CCCNC(C#N)CCN(CC(C)C)C1CCCC1. The van der Waals surface area contributed by atoms with E-state index in [-0.39, 0.29) is 6.04 Å². The van der Waals surface area contributed by atoms with Crippen molar-refractivity contribution in [3.63, 3.8) is 0 Å². The predicted molar refractivity (Wildman–Crippen MR) is 81.0 cm³/mol. The topological polar surface area (TPSA) is 39.1 Å². The second kappa shape index (κ2) is 9.34. The number of hydrogen-bond acceptors (Lipinski definition) is 3. The average molecular weight is 265 g/mol. The normalized spacial score (nSPS) is 18.1. The Bertz CT molecular complexity index is 264. The van der Waals surface area contributed by atoms with E-state index in [1.54, 1.807) is 0 Å². The van der Waals surface area contributed by atoms with E-state index in [1.807, 2.05) is 0 Å². The fourth-order valence-corrected chi connectivity index (χ4v) is 2.99. The Morgan fingerprint density at radius 2 is 2.00 bits per heavy atom. The molecule has 3 heteroatoms. The van der Waals surface area contributed by atoms with Crippen LogP contribution in [0.4, 0.5) is 0 Å². The van der Waals surface area contributed by atoms with E-state index in [2.05, 4.69) is 37.1 Å². The summed E-state index contributed by atoms with van der Waals surface area (Å²) in [5.41, 5.74) is 0. The van der Waals surface area contributed by atoms with Crippen LogP contribution in [-0.4, -0.2) is 36.6 Å². The molecule has 1 rings (SSSR count). The third-order valence-electron chi connectivity index (χ3n) is 3.94. The molecule has 0 aromatic rings. The van der Waals surface area contributed by atoms with Gasteiger partial charge in [-0.25, -0.2) is 0 Å². The van der Waals surface area contributed by atoms with E-state index in [4.69, 9.17) is 0 Å². The van der Waals surface area contributed by atoms with E-state index in [1.165, 1.54) is 32.2 Å². The lowest BCUT2D eigenvalue weighted by atomic mass is 10.1. The quantitative estimate of drug-likeness (QED) is 0.696. The molecule has 0 amide bonds. The van der Waals surface area contributed by atoms with Crippen molar-refractivity contribution in [1.29, 1.82) is 5.26 Å². The van der Waals surface area contributed by atoms with Crippen LogP contribution < -0.4 is 5.32 Å². The molecule has 0 aliphatic heterocycles. The van der Waals surface area contributed by atoms with Crippen molar-refractivity contribution in [2.45, 2.75) is 71.4 Å². The maximum atomic E-state index is 9.18. The molecule has 19 heavy (non-hydrogen) atoms. The highest BCUT2D eigenvalue weighted by molar-refractivity contribution is 4.91. The Kier molecular flexibility index (Phi) is 8.09. The Morgan fingerprint density at radius 3 is 2.53 bits per heavy atom. The highest BCUT2D eigenvalue weighted by Crippen LogP contribution is 2.24. The Balaban J connectivity index is 2.40. The van der Waals surface area contributed by atoms with Gasteiger partial charge in [0.25, 0.3) is 0 Å². The first kappa shape index (κ1) is 16.5. The smallest absolute Gasteiger partial charge is 0.0965 e. The minimum absolute atomic E-state index is 0.0241. The molecule has 0 radical (unpaired) electrons. The molecule has 3 nitrogen and oxygen atoms in total. The molecule has 1 aliphatic rings. The van der Waals surface area contributed by atoms with Crippen LogP contribution in [0.15, 0.2) is 0 Å². The summed E-state index contributed by atoms with van der Waals surface area (Å²) in [6.07, 6.45) is 7.53. The van der Waals surface area contributed by atoms with Crippen molar-refractivity contribution >= 4 is 0 Å². The summed E-state index contributed by atoms with van der Waals surface area (Å²) in [5.74, 6) is 0.713. The van der Waals surface area contributed by atoms with Gasteiger partial charge in [0.1, 0.15) is 0 Å². The molecule has 1 N–H and O–H groups in total. The van der Waals surface area contributed by atoms with Gasteiger partial charge in [-0.2, -0.15) is 5.26 Å². The summed E-state index contributed by atoms with van der Waals surface area (Å²) < 4.78 is 0. The van der Waals surface area contributed by atoms with Gasteiger partial charge in [0.2, 0.25) is 0 Å². The first-order valence-electron chi connectivity index (χ1n) is 8.04. The maximum Gasteiger partial charge on any atom is 0.0965 e. The summed E-state index contributed by atoms with van der Waals surface area (Å²) >= 11 is 0. The van der Waals surface area contributed by atoms with Crippen molar-refractivity contribution in [1.82, 2.24) is 10.2 Å². The first-order valence-corrected chi connectivity index (χ1v) is 8.04. The van der Waals surface area contributed by atoms with Crippen LogP contribution >= 0.6 is 0 Å². The molecule has 0 spiro atoms. The molecule has 1 unspecified atom stereocenters. The molecule has 0 bridgehead atoms. The van der Waals surface area contributed by atoms with Crippen LogP contribution in [0.5, 0.6) is 0 Å². The second-order valence-electron chi connectivity index (χ2n) is 6.25. The van der Waals surface area contributed by atoms with Crippen LogP contribution in [0.25, 0.3) is 0 Å². The number of rotatable bonds is 9. The fraction of sp³-hybridized carbons (Fsp3) is 0.938. The minimum atomic E-state index is 0.0241. The van der Waals surface area contributed by atoms with Crippen molar-refractivity contribution in [3.05, 3.63) is 0 Å². The Labute approximate surface area is 119 Å². The van der Waals surface area contributed by atoms with Gasteiger partial charge in [-0.15, -0.1) is 0 Å². The summed E-state index contributed by atoms with van der Waals surface area (Å²) in [4.78, 5) is 2.63. The Morgan fingerprint density at radius 1 is 1.32 bits per heavy atom. The number of nitrogens with zero attached hydrogens (tertiary/aromatic N) is 2. The van der Waals surface area contributed by atoms with Gasteiger partial charge in [-0.05, 0) is 38.1 Å². The molecule has 0 heterocycles. The standard InChI is InChI=1S/C16H31N3/c1-4-10-18-15(12-17)9-11-19(13-14(2)3)16-7-5-6-8-16/h14-16,18H,4-11,13H2,1-3H3. The van der Waals surface area contributed by atoms with Crippen molar-refractivity contribution < 1.29 is 0 Å². The lowest BCUT2D eigenvalue weighted by Crippen LogP contribution is -2.40. The van der Waals surface area contributed by atoms with Crippen LogP contribution in [-0.2, 0) is 0 Å². The highest BCUT2D eigenvalue weighted by Gasteiger charge is 2.23. The fourth-order valence-electron chi connectivity index (χ4n) is 2.99. The average Bonchev–Trinajstić information content (AvgIpc) is 2.91. The van der Waals surface area contributed by atoms with Crippen LogP contribution in [0.1, 0.15) is 59.3 Å². The maximum absolute atomic E-state index is 9.18. The van der Waals surface area contributed by atoms with Crippen LogP contribution in [0, 0.1) is 17.2 Å². The number of hydrogen-bond donors (Lipinski definition) is 1. The molecule has 1 fully saturated rings. The van der Waals surface area contributed by atoms with Crippen LogP contribution in [0.2, 0.25) is 0 Å². The lowest BCUT2D eigenvalue weighted by molar-refractivity contribution is 0.171. The third-order valence-corrected chi connectivity index (χ3v) is 3.94. The molecule has 110 valence electrons.